The molecule has 0 saturated heterocycles. The van der Waals surface area contributed by atoms with E-state index in [4.69, 9.17) is 31.1 Å². The summed E-state index contributed by atoms with van der Waals surface area (Å²) in [5.41, 5.74) is 14.7. The number of para-hydroxylation sites is 1. The maximum Gasteiger partial charge on any atom is 0.158 e. The summed E-state index contributed by atoms with van der Waals surface area (Å²) < 4.78 is 18.4. The highest BCUT2D eigenvalue weighted by atomic mass is 32.2. The third-order valence-electron chi connectivity index (χ3n) is 6.34. The first kappa shape index (κ1) is 29.7. The fourth-order valence-electron chi connectivity index (χ4n) is 4.06. The van der Waals surface area contributed by atoms with Crippen LogP contribution in [0.5, 0.6) is 17.2 Å². The van der Waals surface area contributed by atoms with Crippen LogP contribution in [0.2, 0.25) is 0 Å². The molecule has 0 atom stereocenters. The minimum Gasteiger partial charge on any atom is -0.497 e. The van der Waals surface area contributed by atoms with Crippen LogP contribution in [-0.2, 0) is 0 Å². The number of hydrogen-bond acceptors (Lipinski definition) is 8. The number of methoxy groups -OCH3 is 1. The van der Waals surface area contributed by atoms with Gasteiger partial charge in [-0.05, 0) is 61.1 Å². The van der Waals surface area contributed by atoms with Gasteiger partial charge < -0.3 is 25.7 Å². The lowest BCUT2D eigenvalue weighted by Gasteiger charge is -2.24. The molecule has 3 aromatic carbocycles. The second-order valence-corrected chi connectivity index (χ2v) is 12.5. The first-order chi connectivity index (χ1) is 19.2. The first-order valence-corrected chi connectivity index (χ1v) is 15.1. The van der Waals surface area contributed by atoms with Gasteiger partial charge in [-0.2, -0.15) is 0 Å². The van der Waals surface area contributed by atoms with Crippen molar-refractivity contribution in [3.63, 3.8) is 0 Å². The first-order valence-electron chi connectivity index (χ1n) is 13.5. The number of anilines is 1. The summed E-state index contributed by atoms with van der Waals surface area (Å²) in [5.74, 6) is 3.25. The maximum absolute atomic E-state index is 8.76. The number of rotatable bonds is 13. The topological polar surface area (TPSA) is 116 Å². The van der Waals surface area contributed by atoms with E-state index in [-0.39, 0.29) is 11.7 Å². The summed E-state index contributed by atoms with van der Waals surface area (Å²) in [6, 6.07) is 15.6. The van der Waals surface area contributed by atoms with Crippen molar-refractivity contribution < 1.29 is 14.2 Å². The average Bonchev–Trinajstić information content (AvgIpc) is 3.21. The van der Waals surface area contributed by atoms with Gasteiger partial charge in [0.15, 0.2) is 5.84 Å². The monoisotopic (exact) mass is 578 g/mol. The van der Waals surface area contributed by atoms with Gasteiger partial charge in [0.2, 0.25) is 0 Å². The number of nitrogens with two attached hydrogens (primary N) is 2. The van der Waals surface area contributed by atoms with E-state index in [2.05, 4.69) is 32.7 Å². The SMILES string of the molecule is COc1ccc(Sc2c(OCCC(C)C)c3c(c(OCCC(C)C)c2Sc2ccccc2N)C(N)=NC3=N)cc1. The number of fused-ring (bicyclic) bond motifs is 1. The summed E-state index contributed by atoms with van der Waals surface area (Å²) >= 11 is 3.08. The number of amidine groups is 2. The van der Waals surface area contributed by atoms with Gasteiger partial charge in [0.25, 0.3) is 0 Å². The van der Waals surface area contributed by atoms with Gasteiger partial charge in [-0.25, -0.2) is 4.99 Å². The Balaban J connectivity index is 1.96. The van der Waals surface area contributed by atoms with Crippen LogP contribution in [0.4, 0.5) is 5.69 Å². The average molecular weight is 579 g/mol. The van der Waals surface area contributed by atoms with E-state index in [0.29, 0.717) is 53.4 Å². The molecule has 0 radical (unpaired) electrons. The molecule has 40 heavy (non-hydrogen) atoms. The molecule has 212 valence electrons. The zero-order valence-electron chi connectivity index (χ0n) is 23.7. The molecule has 0 spiro atoms. The molecule has 1 heterocycles. The van der Waals surface area contributed by atoms with Crippen LogP contribution in [0.25, 0.3) is 0 Å². The lowest BCUT2D eigenvalue weighted by atomic mass is 10.0. The van der Waals surface area contributed by atoms with Crippen LogP contribution >= 0.6 is 23.5 Å². The predicted molar refractivity (Wildman–Crippen MR) is 166 cm³/mol. The van der Waals surface area contributed by atoms with Crippen molar-refractivity contribution in [2.75, 3.05) is 26.1 Å². The Bertz CT molecular complexity index is 1390. The molecule has 1 aliphatic heterocycles. The molecule has 0 aliphatic carbocycles. The van der Waals surface area contributed by atoms with Crippen LogP contribution in [0, 0.1) is 17.2 Å². The second kappa shape index (κ2) is 13.4. The van der Waals surface area contributed by atoms with Crippen LogP contribution in [-0.4, -0.2) is 32.0 Å². The van der Waals surface area contributed by atoms with E-state index in [1.54, 1.807) is 18.9 Å². The van der Waals surface area contributed by atoms with Gasteiger partial charge in [-0.3, -0.25) is 5.41 Å². The van der Waals surface area contributed by atoms with Crippen LogP contribution in [0.3, 0.4) is 0 Å². The number of ether oxygens (including phenoxy) is 3. The third-order valence-corrected chi connectivity index (χ3v) is 8.76. The van der Waals surface area contributed by atoms with Crippen molar-refractivity contribution in [3.8, 4) is 17.2 Å². The van der Waals surface area contributed by atoms with Gasteiger partial charge in [0.05, 0.1) is 41.2 Å². The number of aliphatic imine (C=N–C) groups is 1. The normalized spacial score (nSPS) is 12.6. The molecule has 0 unspecified atom stereocenters. The summed E-state index contributed by atoms with van der Waals surface area (Å²) in [5, 5.41) is 8.76. The summed E-state index contributed by atoms with van der Waals surface area (Å²) in [4.78, 5) is 7.93. The maximum atomic E-state index is 8.76. The molecular weight excluding hydrogens is 541 g/mol. The molecule has 1 aliphatic rings. The molecule has 0 bridgehead atoms. The smallest absolute Gasteiger partial charge is 0.158 e. The molecule has 9 heteroatoms. The van der Waals surface area contributed by atoms with Gasteiger partial charge in [0, 0.05) is 15.5 Å². The van der Waals surface area contributed by atoms with Crippen LogP contribution in [0.15, 0.2) is 73.1 Å². The van der Waals surface area contributed by atoms with Crippen molar-refractivity contribution in [1.82, 2.24) is 0 Å². The van der Waals surface area contributed by atoms with Gasteiger partial charge in [-0.15, -0.1) is 0 Å². The predicted octanol–water partition coefficient (Wildman–Crippen LogP) is 7.47. The quantitative estimate of drug-likeness (QED) is 0.180. The Hall–Kier alpha value is -3.30. The van der Waals surface area contributed by atoms with Crippen molar-refractivity contribution in [3.05, 3.63) is 59.7 Å². The Kier molecular flexibility index (Phi) is 9.92. The summed E-state index contributed by atoms with van der Waals surface area (Å²) in [6.45, 7) is 9.65. The Morgan fingerprint density at radius 1 is 0.800 bits per heavy atom. The molecule has 3 aromatic rings. The van der Waals surface area contributed by atoms with Crippen molar-refractivity contribution >= 4 is 40.9 Å². The molecule has 0 fully saturated rings. The minimum absolute atomic E-state index is 0.0770. The van der Waals surface area contributed by atoms with E-state index in [1.165, 1.54) is 11.8 Å². The molecule has 0 aromatic heterocycles. The fourth-order valence-corrected chi connectivity index (χ4v) is 6.25. The number of nitrogens with zero attached hydrogens (tertiary/aromatic N) is 1. The molecule has 4 rings (SSSR count). The standard InChI is InChI=1S/C31H38N4O3S2/c1-18(2)14-16-37-26-24-25(31(34)35-30(24)33)27(38-17-15-19(3)4)29(40-23-9-7-6-8-22(23)32)28(26)39-21-12-10-20(36-5)11-13-21/h6-13,18-19H,14-17,32H2,1-5H3,(H3,33,34,35). The van der Waals surface area contributed by atoms with Gasteiger partial charge in [0.1, 0.15) is 23.1 Å². The zero-order chi connectivity index (χ0) is 28.8. The van der Waals surface area contributed by atoms with Crippen LogP contribution in [0.1, 0.15) is 51.7 Å². The second-order valence-electron chi connectivity index (χ2n) is 10.4. The summed E-state index contributed by atoms with van der Waals surface area (Å²) in [6.07, 6.45) is 1.74. The van der Waals surface area contributed by atoms with Crippen molar-refractivity contribution in [1.29, 1.82) is 5.41 Å². The van der Waals surface area contributed by atoms with Crippen LogP contribution < -0.4 is 25.7 Å². The molecule has 7 nitrogen and oxygen atoms in total. The molecule has 0 saturated carbocycles. The Labute approximate surface area is 245 Å². The largest absolute Gasteiger partial charge is 0.497 e. The highest BCUT2D eigenvalue weighted by Gasteiger charge is 2.35. The van der Waals surface area contributed by atoms with E-state index in [9.17, 15) is 0 Å². The number of nitrogens with one attached hydrogen (secondary N) is 1. The third kappa shape index (κ3) is 6.88. The van der Waals surface area contributed by atoms with Crippen molar-refractivity contribution in [2.45, 2.75) is 60.1 Å². The van der Waals surface area contributed by atoms with Crippen molar-refractivity contribution in [2.24, 2.45) is 22.6 Å². The van der Waals surface area contributed by atoms with E-state index in [0.717, 1.165) is 38.2 Å². The molecule has 0 amide bonds. The minimum atomic E-state index is 0.0770. The van der Waals surface area contributed by atoms with E-state index in [1.807, 2.05) is 48.5 Å². The fraction of sp³-hybridized carbons (Fsp3) is 0.355. The number of benzene rings is 3. The molecular formula is C31H38N4O3S2. The zero-order valence-corrected chi connectivity index (χ0v) is 25.4. The highest BCUT2D eigenvalue weighted by molar-refractivity contribution is 8.02. The Morgan fingerprint density at radius 2 is 1.38 bits per heavy atom. The molecule has 5 N–H and O–H groups in total. The number of hydrogen-bond donors (Lipinski definition) is 3. The van der Waals surface area contributed by atoms with E-state index >= 15 is 0 Å². The number of nitrogen functional groups attached to an aromatic ring is 1. The summed E-state index contributed by atoms with van der Waals surface area (Å²) in [7, 11) is 1.65. The lowest BCUT2D eigenvalue weighted by molar-refractivity contribution is 0.270. The lowest BCUT2D eigenvalue weighted by Crippen LogP contribution is -2.16. The van der Waals surface area contributed by atoms with E-state index < -0.39 is 0 Å². The Morgan fingerprint density at radius 3 is 1.95 bits per heavy atom. The van der Waals surface area contributed by atoms with Gasteiger partial charge in [-0.1, -0.05) is 63.4 Å². The van der Waals surface area contributed by atoms with Gasteiger partial charge >= 0.3 is 0 Å². The highest BCUT2D eigenvalue weighted by Crippen LogP contribution is 2.54.